The van der Waals surface area contributed by atoms with Crippen molar-refractivity contribution < 1.29 is 4.39 Å². The number of nitrogens with two attached hydrogens (primary N) is 2. The van der Waals surface area contributed by atoms with Gasteiger partial charge in [-0.25, -0.2) is 4.39 Å². The second kappa shape index (κ2) is 7.10. The van der Waals surface area contributed by atoms with Gasteiger partial charge < -0.3 is 21.7 Å². The molecule has 2 aliphatic rings. The Balaban J connectivity index is 1.52. The molecule has 5 N–H and O–H groups in total. The van der Waals surface area contributed by atoms with Crippen molar-refractivity contribution in [3.05, 3.63) is 58.9 Å². The van der Waals surface area contributed by atoms with Crippen LogP contribution in [0.3, 0.4) is 0 Å². The normalized spacial score (nSPS) is 23.2. The Bertz CT molecular complexity index is 928. The molecule has 0 saturated carbocycles. The Hall–Kier alpha value is -2.58. The zero-order valence-corrected chi connectivity index (χ0v) is 16.3. The van der Waals surface area contributed by atoms with Gasteiger partial charge in [-0.15, -0.1) is 10.2 Å². The van der Waals surface area contributed by atoms with Gasteiger partial charge in [-0.1, -0.05) is 11.6 Å². The van der Waals surface area contributed by atoms with Crippen molar-refractivity contribution in [3.63, 3.8) is 0 Å². The largest absolute Gasteiger partial charge is 0.399 e. The summed E-state index contributed by atoms with van der Waals surface area (Å²) in [4.78, 5) is 2.19. The van der Waals surface area contributed by atoms with Gasteiger partial charge in [-0.05, 0) is 50.1 Å². The van der Waals surface area contributed by atoms with Crippen LogP contribution in [0.5, 0.6) is 0 Å². The van der Waals surface area contributed by atoms with Gasteiger partial charge >= 0.3 is 0 Å². The Morgan fingerprint density at radius 1 is 1.21 bits per heavy atom. The third-order valence-corrected chi connectivity index (χ3v) is 5.79. The zero-order chi connectivity index (χ0) is 19.9. The fraction of sp³-hybridized carbons (Fsp3) is 0.368. The predicted molar refractivity (Wildman–Crippen MR) is 108 cm³/mol. The first-order chi connectivity index (χ1) is 13.4. The summed E-state index contributed by atoms with van der Waals surface area (Å²) >= 11 is 6.01. The number of aromatic nitrogens is 3. The van der Waals surface area contributed by atoms with Gasteiger partial charge in [-0.3, -0.25) is 4.57 Å². The molecule has 1 saturated heterocycles. The maximum atomic E-state index is 13.4. The van der Waals surface area contributed by atoms with Gasteiger partial charge in [-0.2, -0.15) is 0 Å². The van der Waals surface area contributed by atoms with E-state index in [0.717, 1.165) is 43.4 Å². The smallest absolute Gasteiger partial charge is 0.231 e. The van der Waals surface area contributed by atoms with E-state index < -0.39 is 11.5 Å². The SMILES string of the molecule is Cc1nnc(N2CCC(C3(N)NC=C(F)C=C3N)CC2)n1-c1ccc(Cl)cc1. The van der Waals surface area contributed by atoms with Crippen LogP contribution in [0, 0.1) is 12.8 Å². The van der Waals surface area contributed by atoms with E-state index in [1.807, 2.05) is 35.8 Å². The first-order valence-electron chi connectivity index (χ1n) is 9.21. The molecule has 4 rings (SSSR count). The molecule has 1 fully saturated rings. The number of benzene rings is 1. The topological polar surface area (TPSA) is 98.0 Å². The molecule has 9 heteroatoms. The number of hydrogen-bond acceptors (Lipinski definition) is 6. The van der Waals surface area contributed by atoms with E-state index in [-0.39, 0.29) is 5.92 Å². The highest BCUT2D eigenvalue weighted by Gasteiger charge is 2.40. The average molecular weight is 404 g/mol. The number of anilines is 1. The number of halogens is 2. The number of hydrogen-bond donors (Lipinski definition) is 3. The zero-order valence-electron chi connectivity index (χ0n) is 15.6. The van der Waals surface area contributed by atoms with E-state index in [4.69, 9.17) is 23.1 Å². The highest BCUT2D eigenvalue weighted by molar-refractivity contribution is 6.30. The third-order valence-electron chi connectivity index (χ3n) is 5.53. The number of allylic oxidation sites excluding steroid dienone is 2. The molecule has 2 aromatic rings. The van der Waals surface area contributed by atoms with Crippen LogP contribution < -0.4 is 21.7 Å². The number of piperidine rings is 1. The highest BCUT2D eigenvalue weighted by atomic mass is 35.5. The molecule has 7 nitrogen and oxygen atoms in total. The summed E-state index contributed by atoms with van der Waals surface area (Å²) in [5.41, 5.74) is 12.9. The van der Waals surface area contributed by atoms with Crippen molar-refractivity contribution in [2.45, 2.75) is 25.4 Å². The molecule has 1 aromatic heterocycles. The van der Waals surface area contributed by atoms with Crippen molar-refractivity contribution in [3.8, 4) is 5.69 Å². The highest BCUT2D eigenvalue weighted by Crippen LogP contribution is 2.33. The monoisotopic (exact) mass is 403 g/mol. The van der Waals surface area contributed by atoms with Crippen LogP contribution in [0.15, 0.2) is 48.1 Å². The molecule has 2 aliphatic heterocycles. The van der Waals surface area contributed by atoms with Gasteiger partial charge in [0.05, 0.1) is 11.4 Å². The molecule has 0 spiro atoms. The van der Waals surface area contributed by atoms with Crippen LogP contribution in [-0.2, 0) is 0 Å². The van der Waals surface area contributed by atoms with Crippen LogP contribution >= 0.6 is 11.6 Å². The first kappa shape index (κ1) is 18.8. The molecule has 148 valence electrons. The minimum Gasteiger partial charge on any atom is -0.399 e. The molecule has 0 radical (unpaired) electrons. The molecule has 0 amide bonds. The van der Waals surface area contributed by atoms with Crippen LogP contribution in [0.1, 0.15) is 18.7 Å². The molecule has 1 unspecified atom stereocenters. The van der Waals surface area contributed by atoms with Crippen LogP contribution in [-0.4, -0.2) is 33.5 Å². The van der Waals surface area contributed by atoms with Crippen molar-refractivity contribution in [2.24, 2.45) is 17.4 Å². The summed E-state index contributed by atoms with van der Waals surface area (Å²) in [6.07, 6.45) is 4.16. The number of nitrogens with one attached hydrogen (secondary N) is 1. The Kier molecular flexibility index (Phi) is 4.76. The average Bonchev–Trinajstić information content (AvgIpc) is 3.07. The maximum Gasteiger partial charge on any atom is 0.231 e. The second-order valence-corrected chi connectivity index (χ2v) is 7.70. The van der Waals surface area contributed by atoms with Gasteiger partial charge in [0.2, 0.25) is 5.95 Å². The summed E-state index contributed by atoms with van der Waals surface area (Å²) in [6.45, 7) is 3.41. The van der Waals surface area contributed by atoms with Crippen molar-refractivity contribution in [1.29, 1.82) is 0 Å². The first-order valence-corrected chi connectivity index (χ1v) is 9.59. The lowest BCUT2D eigenvalue weighted by atomic mass is 9.81. The number of rotatable bonds is 3. The molecule has 28 heavy (non-hydrogen) atoms. The molecule has 0 bridgehead atoms. The lowest BCUT2D eigenvalue weighted by Gasteiger charge is -2.44. The van der Waals surface area contributed by atoms with Gasteiger partial charge in [0.15, 0.2) is 0 Å². The Labute approximate surface area is 167 Å². The van der Waals surface area contributed by atoms with E-state index in [1.165, 1.54) is 12.3 Å². The van der Waals surface area contributed by atoms with Crippen molar-refractivity contribution in [1.82, 2.24) is 20.1 Å². The second-order valence-electron chi connectivity index (χ2n) is 7.26. The summed E-state index contributed by atoms with van der Waals surface area (Å²) in [5, 5.41) is 12.3. The Morgan fingerprint density at radius 3 is 2.54 bits per heavy atom. The Morgan fingerprint density at radius 2 is 1.89 bits per heavy atom. The lowest BCUT2D eigenvalue weighted by molar-refractivity contribution is 0.229. The van der Waals surface area contributed by atoms with E-state index in [2.05, 4.69) is 20.4 Å². The molecule has 0 aliphatic carbocycles. The van der Waals surface area contributed by atoms with Crippen LogP contribution in [0.4, 0.5) is 10.3 Å². The van der Waals surface area contributed by atoms with E-state index in [1.54, 1.807) is 0 Å². The van der Waals surface area contributed by atoms with Gasteiger partial charge in [0, 0.05) is 30.2 Å². The van der Waals surface area contributed by atoms with E-state index >= 15 is 0 Å². The molecular weight excluding hydrogens is 381 g/mol. The fourth-order valence-electron chi connectivity index (χ4n) is 3.92. The minimum absolute atomic E-state index is 0.0809. The quantitative estimate of drug-likeness (QED) is 0.727. The third kappa shape index (κ3) is 3.22. The predicted octanol–water partition coefficient (Wildman–Crippen LogP) is 2.36. The fourth-order valence-corrected chi connectivity index (χ4v) is 4.04. The van der Waals surface area contributed by atoms with Gasteiger partial charge in [0.25, 0.3) is 0 Å². The minimum atomic E-state index is -0.929. The van der Waals surface area contributed by atoms with Crippen molar-refractivity contribution >= 4 is 17.5 Å². The number of nitrogens with zero attached hydrogens (tertiary/aromatic N) is 4. The molecule has 1 aromatic carbocycles. The van der Waals surface area contributed by atoms with Crippen LogP contribution in [0.25, 0.3) is 5.69 Å². The maximum absolute atomic E-state index is 13.4. The summed E-state index contributed by atoms with van der Waals surface area (Å²) < 4.78 is 15.4. The van der Waals surface area contributed by atoms with E-state index in [9.17, 15) is 4.39 Å². The lowest BCUT2D eigenvalue weighted by Crippen LogP contribution is -2.63. The summed E-state index contributed by atoms with van der Waals surface area (Å²) in [6, 6.07) is 7.59. The summed E-state index contributed by atoms with van der Waals surface area (Å²) in [5.74, 6) is 1.26. The molecular formula is C19H23ClFN7. The van der Waals surface area contributed by atoms with Crippen molar-refractivity contribution in [2.75, 3.05) is 18.0 Å². The molecule has 3 heterocycles. The number of dihydropyridines is 1. The molecule has 1 atom stereocenters. The van der Waals surface area contributed by atoms with Crippen LogP contribution in [0.2, 0.25) is 5.02 Å². The summed E-state index contributed by atoms with van der Waals surface area (Å²) in [7, 11) is 0. The van der Waals surface area contributed by atoms with E-state index in [0.29, 0.717) is 10.7 Å². The number of aryl methyl sites for hydroxylation is 1. The van der Waals surface area contributed by atoms with Gasteiger partial charge in [0.1, 0.15) is 17.3 Å². The standard InChI is InChI=1S/C19H23ClFN7/c1-12-25-26-18(28(12)16-4-2-14(20)3-5-16)27-8-6-13(7-9-27)19(23)17(22)10-15(21)11-24-19/h2-5,10-11,13,24H,6-9,22-23H2,1H3.